The Morgan fingerprint density at radius 2 is 1.82 bits per heavy atom. The molecule has 0 radical (unpaired) electrons. The second-order valence-electron chi connectivity index (χ2n) is 4.41. The van der Waals surface area contributed by atoms with Crippen molar-refractivity contribution in [2.75, 3.05) is 5.32 Å². The number of hydrogen-bond acceptors (Lipinski definition) is 2. The number of benzene rings is 2. The van der Waals surface area contributed by atoms with E-state index < -0.39 is 11.7 Å². The highest BCUT2D eigenvalue weighted by atomic mass is 35.5. The molecule has 0 bridgehead atoms. The number of halogens is 4. The van der Waals surface area contributed by atoms with Crippen molar-refractivity contribution in [2.45, 2.75) is 11.9 Å². The third kappa shape index (κ3) is 5.19. The lowest BCUT2D eigenvalue weighted by Crippen LogP contribution is -2.08. The van der Waals surface area contributed by atoms with Crippen LogP contribution < -0.4 is 5.32 Å². The molecule has 0 saturated heterocycles. The van der Waals surface area contributed by atoms with Gasteiger partial charge in [-0.3, -0.25) is 0 Å². The van der Waals surface area contributed by atoms with Gasteiger partial charge < -0.3 is 5.32 Å². The fourth-order valence-corrected chi connectivity index (χ4v) is 2.76. The van der Waals surface area contributed by atoms with E-state index >= 15 is 0 Å². The summed E-state index contributed by atoms with van der Waals surface area (Å²) in [6.45, 7) is 0. The van der Waals surface area contributed by atoms with Crippen LogP contribution in [-0.4, -0.2) is 4.32 Å². The number of hydrogen-bond donors (Lipinski definition) is 1. The smallest absolute Gasteiger partial charge is 0.341 e. The minimum absolute atomic E-state index is 0.323. The summed E-state index contributed by atoms with van der Waals surface area (Å²) in [6.07, 6.45) is -4.37. The monoisotopic (exact) mass is 361 g/mol. The van der Waals surface area contributed by atoms with Crippen LogP contribution in [0.15, 0.2) is 48.5 Å². The topological polar surface area (TPSA) is 12.0 Å². The standard InChI is InChI=1S/C15H11ClF3NS2/c16-12-6-4-10(5-7-12)9-22-14(21)20-13-3-1-2-11(8-13)15(17,18)19/h1-8H,9H2,(H,20,21). The predicted octanol–water partition coefficient (Wildman–Crippen LogP) is 5.99. The summed E-state index contributed by atoms with van der Waals surface area (Å²) in [5.74, 6) is 0.613. The molecular formula is C15H11ClF3NS2. The van der Waals surface area contributed by atoms with Gasteiger partial charge in [0.15, 0.2) is 0 Å². The van der Waals surface area contributed by atoms with E-state index in [0.717, 1.165) is 17.7 Å². The van der Waals surface area contributed by atoms with E-state index in [2.05, 4.69) is 5.32 Å². The maximum absolute atomic E-state index is 12.6. The van der Waals surface area contributed by atoms with Gasteiger partial charge in [-0.1, -0.05) is 53.8 Å². The van der Waals surface area contributed by atoms with Crippen LogP contribution in [0.25, 0.3) is 0 Å². The highest BCUT2D eigenvalue weighted by Gasteiger charge is 2.30. The van der Waals surface area contributed by atoms with Crippen molar-refractivity contribution in [3.8, 4) is 0 Å². The molecule has 22 heavy (non-hydrogen) atoms. The number of anilines is 1. The van der Waals surface area contributed by atoms with E-state index in [0.29, 0.717) is 20.8 Å². The summed E-state index contributed by atoms with van der Waals surface area (Å²) in [6, 6.07) is 12.3. The Morgan fingerprint density at radius 3 is 2.45 bits per heavy atom. The largest absolute Gasteiger partial charge is 0.416 e. The van der Waals surface area contributed by atoms with Gasteiger partial charge in [-0.05, 0) is 35.9 Å². The van der Waals surface area contributed by atoms with Gasteiger partial charge >= 0.3 is 6.18 Å². The first-order chi connectivity index (χ1) is 10.3. The lowest BCUT2D eigenvalue weighted by molar-refractivity contribution is -0.137. The van der Waals surface area contributed by atoms with Crippen molar-refractivity contribution in [3.05, 3.63) is 64.7 Å². The zero-order chi connectivity index (χ0) is 16.2. The molecule has 116 valence electrons. The summed E-state index contributed by atoms with van der Waals surface area (Å²) >= 11 is 12.3. The molecule has 0 saturated carbocycles. The van der Waals surface area contributed by atoms with Crippen molar-refractivity contribution in [2.24, 2.45) is 0 Å². The van der Waals surface area contributed by atoms with Crippen molar-refractivity contribution in [1.82, 2.24) is 0 Å². The lowest BCUT2D eigenvalue weighted by Gasteiger charge is -2.11. The number of nitrogens with one attached hydrogen (secondary N) is 1. The van der Waals surface area contributed by atoms with Gasteiger partial charge in [-0.25, -0.2) is 0 Å². The van der Waals surface area contributed by atoms with Gasteiger partial charge in [0, 0.05) is 16.5 Å². The molecule has 7 heteroatoms. The maximum atomic E-state index is 12.6. The first kappa shape index (κ1) is 17.1. The van der Waals surface area contributed by atoms with E-state index in [1.807, 2.05) is 12.1 Å². The van der Waals surface area contributed by atoms with Crippen molar-refractivity contribution in [3.63, 3.8) is 0 Å². The first-order valence-electron chi connectivity index (χ1n) is 6.20. The van der Waals surface area contributed by atoms with Gasteiger partial charge in [0.25, 0.3) is 0 Å². The average molecular weight is 362 g/mol. The van der Waals surface area contributed by atoms with Crippen molar-refractivity contribution in [1.29, 1.82) is 0 Å². The molecule has 1 nitrogen and oxygen atoms in total. The summed E-state index contributed by atoms with van der Waals surface area (Å²) in [5.41, 5.74) is 0.647. The Balaban J connectivity index is 1.93. The van der Waals surface area contributed by atoms with E-state index in [4.69, 9.17) is 23.8 Å². The highest BCUT2D eigenvalue weighted by Crippen LogP contribution is 2.31. The fraction of sp³-hybridized carbons (Fsp3) is 0.133. The van der Waals surface area contributed by atoms with Crippen LogP contribution in [0.2, 0.25) is 5.02 Å². The Kier molecular flexibility index (Phi) is 5.72. The molecule has 0 aliphatic carbocycles. The van der Waals surface area contributed by atoms with E-state index in [1.165, 1.54) is 17.8 Å². The highest BCUT2D eigenvalue weighted by molar-refractivity contribution is 8.22. The molecule has 2 aromatic carbocycles. The molecule has 0 aliphatic heterocycles. The maximum Gasteiger partial charge on any atom is 0.416 e. The molecule has 2 aromatic rings. The second kappa shape index (κ2) is 7.35. The second-order valence-corrected chi connectivity index (χ2v) is 6.49. The Hall–Kier alpha value is -1.24. The summed E-state index contributed by atoms with van der Waals surface area (Å²) < 4.78 is 38.3. The zero-order valence-electron chi connectivity index (χ0n) is 11.2. The van der Waals surface area contributed by atoms with E-state index in [1.54, 1.807) is 18.2 Å². The molecule has 0 amide bonds. The SMILES string of the molecule is FC(F)(F)c1cccc(NC(=S)SCc2ccc(Cl)cc2)c1. The average Bonchev–Trinajstić information content (AvgIpc) is 2.46. The van der Waals surface area contributed by atoms with Crippen LogP contribution in [0.3, 0.4) is 0 Å². The van der Waals surface area contributed by atoms with E-state index in [-0.39, 0.29) is 0 Å². The van der Waals surface area contributed by atoms with Crippen LogP contribution >= 0.6 is 35.6 Å². The predicted molar refractivity (Wildman–Crippen MR) is 90.4 cm³/mol. The third-order valence-corrected chi connectivity index (χ3v) is 4.27. The third-order valence-electron chi connectivity index (χ3n) is 2.72. The molecule has 0 spiro atoms. The summed E-state index contributed by atoms with van der Waals surface area (Å²) in [4.78, 5) is 0. The van der Waals surface area contributed by atoms with Gasteiger partial charge in [-0.15, -0.1) is 0 Å². The zero-order valence-corrected chi connectivity index (χ0v) is 13.5. The molecule has 0 heterocycles. The molecule has 0 unspecified atom stereocenters. The minimum atomic E-state index is -4.37. The van der Waals surface area contributed by atoms with Crippen LogP contribution in [-0.2, 0) is 11.9 Å². The molecule has 0 aromatic heterocycles. The molecule has 0 fully saturated rings. The Morgan fingerprint density at radius 1 is 1.14 bits per heavy atom. The molecule has 2 rings (SSSR count). The molecule has 0 atom stereocenters. The quantitative estimate of drug-likeness (QED) is 0.674. The molecule has 0 aliphatic rings. The first-order valence-corrected chi connectivity index (χ1v) is 7.97. The number of thiocarbonyl (C=S) groups is 1. The Labute approximate surface area is 140 Å². The van der Waals surface area contributed by atoms with Crippen LogP contribution in [0.1, 0.15) is 11.1 Å². The van der Waals surface area contributed by atoms with Crippen LogP contribution in [0.5, 0.6) is 0 Å². The fourth-order valence-electron chi connectivity index (χ4n) is 1.66. The van der Waals surface area contributed by atoms with Crippen LogP contribution in [0.4, 0.5) is 18.9 Å². The summed E-state index contributed by atoms with van der Waals surface area (Å²) in [5, 5.41) is 3.46. The van der Waals surface area contributed by atoms with Gasteiger partial charge in [-0.2, -0.15) is 13.2 Å². The molecular weight excluding hydrogens is 351 g/mol. The van der Waals surface area contributed by atoms with Gasteiger partial charge in [0.2, 0.25) is 0 Å². The van der Waals surface area contributed by atoms with E-state index in [9.17, 15) is 13.2 Å². The normalized spacial score (nSPS) is 11.3. The number of rotatable bonds is 3. The van der Waals surface area contributed by atoms with Crippen LogP contribution in [0, 0.1) is 0 Å². The van der Waals surface area contributed by atoms with Crippen molar-refractivity contribution < 1.29 is 13.2 Å². The number of thioether (sulfide) groups is 1. The van der Waals surface area contributed by atoms with Gasteiger partial charge in [0.05, 0.1) is 5.56 Å². The molecule has 1 N–H and O–H groups in total. The van der Waals surface area contributed by atoms with Crippen molar-refractivity contribution >= 4 is 45.6 Å². The lowest BCUT2D eigenvalue weighted by atomic mass is 10.2. The van der Waals surface area contributed by atoms with Gasteiger partial charge in [0.1, 0.15) is 4.32 Å². The number of alkyl halides is 3. The summed E-state index contributed by atoms with van der Waals surface area (Å²) in [7, 11) is 0. The Bertz CT molecular complexity index is 657. The minimum Gasteiger partial charge on any atom is -0.341 e.